The van der Waals surface area contributed by atoms with E-state index >= 15 is 0 Å². The third kappa shape index (κ3) is 3.24. The van der Waals surface area contributed by atoms with E-state index in [9.17, 15) is 9.59 Å². The maximum absolute atomic E-state index is 13.0. The summed E-state index contributed by atoms with van der Waals surface area (Å²) in [5, 5.41) is 4.28. The van der Waals surface area contributed by atoms with Gasteiger partial charge in [0.15, 0.2) is 5.78 Å². The molecule has 1 aromatic carbocycles. The third-order valence-electron chi connectivity index (χ3n) is 4.98. The minimum Gasteiger partial charge on any atom is -0.383 e. The number of hydrogen-bond donors (Lipinski definition) is 1. The molecule has 1 fully saturated rings. The van der Waals surface area contributed by atoms with Crippen LogP contribution in [0.2, 0.25) is 0 Å². The van der Waals surface area contributed by atoms with Gasteiger partial charge in [0.1, 0.15) is 11.5 Å². The number of anilines is 1. The Hall–Kier alpha value is -3.55. The summed E-state index contributed by atoms with van der Waals surface area (Å²) in [6.45, 7) is 2.83. The Morgan fingerprint density at radius 1 is 1.14 bits per heavy atom. The van der Waals surface area contributed by atoms with Crippen LogP contribution in [0.3, 0.4) is 0 Å². The van der Waals surface area contributed by atoms with Crippen molar-refractivity contribution in [2.24, 2.45) is 5.92 Å². The van der Waals surface area contributed by atoms with E-state index in [-0.39, 0.29) is 23.3 Å². The molecule has 0 spiro atoms. The van der Waals surface area contributed by atoms with Crippen LogP contribution < -0.4 is 5.73 Å². The number of benzene rings is 1. The van der Waals surface area contributed by atoms with Crippen molar-refractivity contribution in [1.29, 1.82) is 0 Å². The smallest absolute Gasteiger partial charge is 0.274 e. The highest BCUT2D eigenvalue weighted by Gasteiger charge is 2.34. The summed E-state index contributed by atoms with van der Waals surface area (Å²) in [5.74, 6) is -0.303. The molecule has 0 radical (unpaired) electrons. The Bertz CT molecular complexity index is 1010. The summed E-state index contributed by atoms with van der Waals surface area (Å²) in [6.07, 6.45) is 6.51. The third-order valence-corrected chi connectivity index (χ3v) is 4.98. The number of likely N-dealkylation sites (tertiary alicyclic amines) is 1. The number of rotatable bonds is 4. The predicted octanol–water partition coefficient (Wildman–Crippen LogP) is 1.90. The Balaban J connectivity index is 1.50. The zero-order chi connectivity index (χ0) is 19.7. The average molecular weight is 376 g/mol. The number of carbonyl (C=O) groups is 2. The van der Waals surface area contributed by atoms with Crippen LogP contribution in [0.1, 0.15) is 32.8 Å². The number of hydrogen-bond acceptors (Lipinski definition) is 6. The molecule has 0 aliphatic carbocycles. The van der Waals surface area contributed by atoms with Gasteiger partial charge in [-0.3, -0.25) is 14.6 Å². The van der Waals surface area contributed by atoms with Gasteiger partial charge in [-0.25, -0.2) is 9.67 Å². The number of nitrogens with zero attached hydrogens (tertiary/aromatic N) is 5. The topological polar surface area (TPSA) is 107 Å². The second kappa shape index (κ2) is 7.22. The van der Waals surface area contributed by atoms with Crippen molar-refractivity contribution >= 4 is 17.5 Å². The molecule has 0 saturated carbocycles. The van der Waals surface area contributed by atoms with Crippen molar-refractivity contribution < 1.29 is 9.59 Å². The molecule has 3 aromatic rings. The zero-order valence-corrected chi connectivity index (χ0v) is 15.4. The first-order valence-electron chi connectivity index (χ1n) is 9.04. The molecule has 142 valence electrons. The maximum atomic E-state index is 13.0. The van der Waals surface area contributed by atoms with Crippen molar-refractivity contribution in [3.63, 3.8) is 0 Å². The van der Waals surface area contributed by atoms with Crippen LogP contribution in [-0.4, -0.2) is 49.4 Å². The molecule has 1 unspecified atom stereocenters. The summed E-state index contributed by atoms with van der Waals surface area (Å²) in [6, 6.07) is 7.74. The largest absolute Gasteiger partial charge is 0.383 e. The van der Waals surface area contributed by atoms with E-state index in [0.717, 1.165) is 11.3 Å². The fourth-order valence-corrected chi connectivity index (χ4v) is 3.39. The Kier molecular flexibility index (Phi) is 4.60. The molecule has 1 saturated heterocycles. The number of carbonyl (C=O) groups excluding carboxylic acids is 2. The van der Waals surface area contributed by atoms with E-state index in [1.807, 2.05) is 31.2 Å². The molecule has 8 heteroatoms. The number of Topliss-reactive ketones (excluding diaryl/α,β-unsaturated/α-hetero) is 1. The average Bonchev–Trinajstić information content (AvgIpc) is 3.36. The molecule has 28 heavy (non-hydrogen) atoms. The van der Waals surface area contributed by atoms with Crippen LogP contribution in [0.25, 0.3) is 5.69 Å². The molecule has 0 bridgehead atoms. The molecule has 1 atom stereocenters. The van der Waals surface area contributed by atoms with Crippen LogP contribution in [0, 0.1) is 12.8 Å². The van der Waals surface area contributed by atoms with Gasteiger partial charge in [-0.2, -0.15) is 5.10 Å². The second-order valence-corrected chi connectivity index (χ2v) is 6.88. The number of nitrogen functional groups attached to an aromatic ring is 1. The molecule has 3 heterocycles. The monoisotopic (exact) mass is 376 g/mol. The highest BCUT2D eigenvalue weighted by Crippen LogP contribution is 2.26. The lowest BCUT2D eigenvalue weighted by atomic mass is 9.98. The number of ketones is 1. The quantitative estimate of drug-likeness (QED) is 0.697. The molecule has 1 aliphatic rings. The Labute approximate surface area is 162 Å². The van der Waals surface area contributed by atoms with E-state index in [1.54, 1.807) is 9.58 Å². The van der Waals surface area contributed by atoms with Gasteiger partial charge >= 0.3 is 0 Å². The molecule has 8 nitrogen and oxygen atoms in total. The van der Waals surface area contributed by atoms with Gasteiger partial charge in [-0.15, -0.1) is 0 Å². The van der Waals surface area contributed by atoms with E-state index in [2.05, 4.69) is 15.1 Å². The van der Waals surface area contributed by atoms with E-state index in [1.165, 1.54) is 24.8 Å². The van der Waals surface area contributed by atoms with Crippen molar-refractivity contribution in [2.75, 3.05) is 18.8 Å². The fraction of sp³-hybridized carbons (Fsp3) is 0.250. The number of amides is 1. The van der Waals surface area contributed by atoms with Gasteiger partial charge in [0.25, 0.3) is 5.91 Å². The van der Waals surface area contributed by atoms with Gasteiger partial charge < -0.3 is 10.6 Å². The predicted molar refractivity (Wildman–Crippen MR) is 103 cm³/mol. The van der Waals surface area contributed by atoms with Crippen molar-refractivity contribution in [3.05, 3.63) is 65.9 Å². The second-order valence-electron chi connectivity index (χ2n) is 6.88. The van der Waals surface area contributed by atoms with Crippen molar-refractivity contribution in [3.8, 4) is 5.69 Å². The van der Waals surface area contributed by atoms with Gasteiger partial charge in [0.05, 0.1) is 23.6 Å². The lowest BCUT2D eigenvalue weighted by Crippen LogP contribution is -2.30. The first-order chi connectivity index (χ1) is 13.5. The molecule has 1 aliphatic heterocycles. The van der Waals surface area contributed by atoms with E-state index < -0.39 is 0 Å². The molecule has 2 aromatic heterocycles. The van der Waals surface area contributed by atoms with Crippen LogP contribution in [0.15, 0.2) is 49.1 Å². The Morgan fingerprint density at radius 3 is 2.64 bits per heavy atom. The molecular weight excluding hydrogens is 356 g/mol. The lowest BCUT2D eigenvalue weighted by Gasteiger charge is -2.15. The van der Waals surface area contributed by atoms with Crippen LogP contribution in [0.4, 0.5) is 5.82 Å². The minimum absolute atomic E-state index is 0.0923. The summed E-state index contributed by atoms with van der Waals surface area (Å²) >= 11 is 0. The van der Waals surface area contributed by atoms with Crippen LogP contribution >= 0.6 is 0 Å². The van der Waals surface area contributed by atoms with Gasteiger partial charge in [0.2, 0.25) is 0 Å². The summed E-state index contributed by atoms with van der Waals surface area (Å²) in [7, 11) is 0. The van der Waals surface area contributed by atoms with Crippen LogP contribution in [-0.2, 0) is 0 Å². The standard InChI is InChI=1S/C20H20N6O2/c1-13-2-4-15(5-3-13)26-19(21)16(10-24-26)18(27)14-6-9-25(12-14)20(28)17-11-22-7-8-23-17/h2-5,7-8,10-11,14H,6,9,12,21H2,1H3. The first kappa shape index (κ1) is 17.8. The highest BCUT2D eigenvalue weighted by atomic mass is 16.2. The molecule has 2 N–H and O–H groups in total. The lowest BCUT2D eigenvalue weighted by molar-refractivity contribution is 0.0774. The van der Waals surface area contributed by atoms with Gasteiger partial charge in [0, 0.05) is 31.4 Å². The van der Waals surface area contributed by atoms with Gasteiger partial charge in [-0.05, 0) is 25.5 Å². The zero-order valence-electron chi connectivity index (χ0n) is 15.4. The van der Waals surface area contributed by atoms with E-state index in [4.69, 9.17) is 5.73 Å². The number of aromatic nitrogens is 4. The first-order valence-corrected chi connectivity index (χ1v) is 9.04. The summed E-state index contributed by atoms with van der Waals surface area (Å²) in [4.78, 5) is 35.1. The molecule has 1 amide bonds. The fourth-order valence-electron chi connectivity index (χ4n) is 3.39. The highest BCUT2D eigenvalue weighted by molar-refractivity contribution is 6.02. The summed E-state index contributed by atoms with van der Waals surface area (Å²) in [5.41, 5.74) is 8.80. The van der Waals surface area contributed by atoms with E-state index in [0.29, 0.717) is 30.9 Å². The van der Waals surface area contributed by atoms with Crippen molar-refractivity contribution in [2.45, 2.75) is 13.3 Å². The molecule has 4 rings (SSSR count). The maximum Gasteiger partial charge on any atom is 0.274 e. The number of aryl methyl sites for hydroxylation is 1. The van der Waals surface area contributed by atoms with Crippen molar-refractivity contribution in [1.82, 2.24) is 24.6 Å². The number of nitrogens with two attached hydrogens (primary N) is 1. The normalized spacial score (nSPS) is 16.3. The minimum atomic E-state index is -0.307. The van der Waals surface area contributed by atoms with Gasteiger partial charge in [-0.1, -0.05) is 17.7 Å². The Morgan fingerprint density at radius 2 is 1.93 bits per heavy atom. The molecular formula is C20H20N6O2. The summed E-state index contributed by atoms with van der Waals surface area (Å²) < 4.78 is 1.56. The van der Waals surface area contributed by atoms with Crippen LogP contribution in [0.5, 0.6) is 0 Å². The SMILES string of the molecule is Cc1ccc(-n2ncc(C(=O)C3CCN(C(=O)c4cnccn4)C3)c2N)cc1.